The van der Waals surface area contributed by atoms with Crippen molar-refractivity contribution in [2.45, 2.75) is 39.7 Å². The van der Waals surface area contributed by atoms with Gasteiger partial charge in [-0.25, -0.2) is 4.98 Å². The van der Waals surface area contributed by atoms with Gasteiger partial charge < -0.3 is 10.3 Å². The molecule has 2 N–H and O–H groups in total. The van der Waals surface area contributed by atoms with E-state index in [4.69, 9.17) is 10.3 Å². The second-order valence-corrected chi connectivity index (χ2v) is 5.54. The molecule has 0 aromatic carbocycles. The van der Waals surface area contributed by atoms with E-state index in [1.165, 1.54) is 0 Å². The van der Waals surface area contributed by atoms with E-state index in [1.54, 1.807) is 11.3 Å². The summed E-state index contributed by atoms with van der Waals surface area (Å²) in [4.78, 5) is 9.63. The topological polar surface area (TPSA) is 77.8 Å². The fourth-order valence-electron chi connectivity index (χ4n) is 1.44. The van der Waals surface area contributed by atoms with Gasteiger partial charge >= 0.3 is 0 Å². The van der Waals surface area contributed by atoms with Crippen LogP contribution in [0.25, 0.3) is 10.8 Å². The van der Waals surface area contributed by atoms with Crippen LogP contribution in [0.2, 0.25) is 0 Å². The Labute approximate surface area is 104 Å². The molecule has 1 unspecified atom stereocenters. The molecule has 2 rings (SSSR count). The molecule has 0 aliphatic rings. The minimum atomic E-state index is -0.546. The predicted molar refractivity (Wildman–Crippen MR) is 66.7 cm³/mol. The lowest BCUT2D eigenvalue weighted by Crippen LogP contribution is -2.33. The third-order valence-electron chi connectivity index (χ3n) is 2.77. The number of aryl methyl sites for hydroxylation is 2. The Hall–Kier alpha value is -1.27. The van der Waals surface area contributed by atoms with Gasteiger partial charge in [-0.15, -0.1) is 11.3 Å². The standard InChI is InChI=1S/C11H16N4OS/c1-5-11(4,12)10-14-9(16-15-10)8-6(2)13-7(3)17-8/h5,12H2,1-4H3. The fourth-order valence-corrected chi connectivity index (χ4v) is 2.28. The highest BCUT2D eigenvalue weighted by molar-refractivity contribution is 7.15. The molecule has 5 nitrogen and oxygen atoms in total. The van der Waals surface area contributed by atoms with Crippen molar-refractivity contribution in [3.05, 3.63) is 16.5 Å². The quantitative estimate of drug-likeness (QED) is 0.907. The summed E-state index contributed by atoms with van der Waals surface area (Å²) >= 11 is 1.55. The van der Waals surface area contributed by atoms with Crippen LogP contribution in [0.5, 0.6) is 0 Å². The van der Waals surface area contributed by atoms with Crippen LogP contribution in [0.3, 0.4) is 0 Å². The molecule has 0 radical (unpaired) electrons. The molecule has 1 atom stereocenters. The molecule has 0 amide bonds. The van der Waals surface area contributed by atoms with Gasteiger partial charge in [-0.3, -0.25) is 0 Å². The van der Waals surface area contributed by atoms with Crippen LogP contribution in [-0.2, 0) is 5.54 Å². The SMILES string of the molecule is CCC(C)(N)c1noc(-c2sc(C)nc2C)n1. The number of nitrogens with zero attached hydrogens (tertiary/aromatic N) is 3. The predicted octanol–water partition coefficient (Wildman–Crippen LogP) is 2.39. The molecular weight excluding hydrogens is 236 g/mol. The normalized spacial score (nSPS) is 14.9. The van der Waals surface area contributed by atoms with Crippen molar-refractivity contribution in [2.75, 3.05) is 0 Å². The molecule has 0 bridgehead atoms. The molecule has 0 aliphatic carbocycles. The zero-order chi connectivity index (χ0) is 12.6. The molecule has 0 aliphatic heterocycles. The van der Waals surface area contributed by atoms with Crippen molar-refractivity contribution in [1.29, 1.82) is 0 Å². The van der Waals surface area contributed by atoms with Gasteiger partial charge in [0.1, 0.15) is 4.88 Å². The molecule has 2 aromatic rings. The van der Waals surface area contributed by atoms with Crippen molar-refractivity contribution in [1.82, 2.24) is 15.1 Å². The summed E-state index contributed by atoms with van der Waals surface area (Å²) in [5.41, 5.74) is 6.44. The molecule has 0 saturated carbocycles. The van der Waals surface area contributed by atoms with E-state index in [0.29, 0.717) is 11.7 Å². The summed E-state index contributed by atoms with van der Waals surface area (Å²) in [5, 5.41) is 4.94. The van der Waals surface area contributed by atoms with Crippen LogP contribution >= 0.6 is 11.3 Å². The minimum Gasteiger partial charge on any atom is -0.333 e. The first kappa shape index (κ1) is 12.2. The van der Waals surface area contributed by atoms with Crippen LogP contribution in [0.1, 0.15) is 36.8 Å². The minimum absolute atomic E-state index is 0.508. The van der Waals surface area contributed by atoms with Gasteiger partial charge in [-0.2, -0.15) is 4.98 Å². The highest BCUT2D eigenvalue weighted by atomic mass is 32.1. The third kappa shape index (κ3) is 2.23. The summed E-state index contributed by atoms with van der Waals surface area (Å²) in [6.07, 6.45) is 0.757. The lowest BCUT2D eigenvalue weighted by atomic mass is 10.0. The number of hydrogen-bond acceptors (Lipinski definition) is 6. The van der Waals surface area contributed by atoms with Crippen LogP contribution < -0.4 is 5.73 Å². The Morgan fingerprint density at radius 3 is 2.59 bits per heavy atom. The van der Waals surface area contributed by atoms with Crippen LogP contribution in [0, 0.1) is 13.8 Å². The zero-order valence-electron chi connectivity index (χ0n) is 10.4. The first-order valence-corrected chi connectivity index (χ1v) is 6.33. The van der Waals surface area contributed by atoms with E-state index in [-0.39, 0.29) is 0 Å². The maximum atomic E-state index is 6.07. The van der Waals surface area contributed by atoms with Crippen molar-refractivity contribution in [3.8, 4) is 10.8 Å². The van der Waals surface area contributed by atoms with Gasteiger partial charge in [-0.1, -0.05) is 12.1 Å². The summed E-state index contributed by atoms with van der Waals surface area (Å²) < 4.78 is 5.26. The van der Waals surface area contributed by atoms with Gasteiger partial charge in [0.2, 0.25) is 0 Å². The highest BCUT2D eigenvalue weighted by Gasteiger charge is 2.26. The average molecular weight is 252 g/mol. The molecule has 0 saturated heterocycles. The first-order valence-electron chi connectivity index (χ1n) is 5.51. The maximum Gasteiger partial charge on any atom is 0.269 e. The Balaban J connectivity index is 2.40. The van der Waals surface area contributed by atoms with Gasteiger partial charge in [-0.05, 0) is 27.2 Å². The number of aromatic nitrogens is 3. The summed E-state index contributed by atoms with van der Waals surface area (Å²) in [6, 6.07) is 0. The summed E-state index contributed by atoms with van der Waals surface area (Å²) in [7, 11) is 0. The van der Waals surface area contributed by atoms with Gasteiger partial charge in [0.05, 0.1) is 16.2 Å². The monoisotopic (exact) mass is 252 g/mol. The van der Waals surface area contributed by atoms with E-state index in [0.717, 1.165) is 22.0 Å². The lowest BCUT2D eigenvalue weighted by molar-refractivity contribution is 0.379. The highest BCUT2D eigenvalue weighted by Crippen LogP contribution is 2.29. The number of rotatable bonds is 3. The molecule has 6 heteroatoms. The van der Waals surface area contributed by atoms with Crippen LogP contribution in [0.15, 0.2) is 4.52 Å². The second-order valence-electron chi connectivity index (χ2n) is 4.34. The maximum absolute atomic E-state index is 6.07. The van der Waals surface area contributed by atoms with Crippen molar-refractivity contribution >= 4 is 11.3 Å². The largest absolute Gasteiger partial charge is 0.333 e. The summed E-state index contributed by atoms with van der Waals surface area (Å²) in [6.45, 7) is 7.78. The average Bonchev–Trinajstić information content (AvgIpc) is 2.85. The molecule has 0 fully saturated rings. The van der Waals surface area contributed by atoms with Crippen molar-refractivity contribution < 1.29 is 4.52 Å². The Bertz CT molecular complexity index is 529. The Kier molecular flexibility index (Phi) is 3.01. The molecule has 2 aromatic heterocycles. The molecular formula is C11H16N4OS. The molecule has 2 heterocycles. The van der Waals surface area contributed by atoms with Crippen molar-refractivity contribution in [3.63, 3.8) is 0 Å². The molecule has 0 spiro atoms. The Morgan fingerprint density at radius 2 is 2.06 bits per heavy atom. The third-order valence-corrected chi connectivity index (χ3v) is 3.83. The van der Waals surface area contributed by atoms with E-state index >= 15 is 0 Å². The molecule has 92 valence electrons. The number of thiazole rings is 1. The lowest BCUT2D eigenvalue weighted by Gasteiger charge is -2.16. The van der Waals surface area contributed by atoms with Gasteiger partial charge in [0, 0.05) is 0 Å². The van der Waals surface area contributed by atoms with E-state index in [9.17, 15) is 0 Å². The van der Waals surface area contributed by atoms with E-state index in [1.807, 2.05) is 27.7 Å². The van der Waals surface area contributed by atoms with Gasteiger partial charge in [0.15, 0.2) is 5.82 Å². The smallest absolute Gasteiger partial charge is 0.269 e. The van der Waals surface area contributed by atoms with E-state index in [2.05, 4.69) is 15.1 Å². The fraction of sp³-hybridized carbons (Fsp3) is 0.545. The molecule has 17 heavy (non-hydrogen) atoms. The number of hydrogen-bond donors (Lipinski definition) is 1. The van der Waals surface area contributed by atoms with Gasteiger partial charge in [0.25, 0.3) is 5.89 Å². The second kappa shape index (κ2) is 4.19. The first-order chi connectivity index (χ1) is 7.94. The van der Waals surface area contributed by atoms with E-state index < -0.39 is 5.54 Å². The van der Waals surface area contributed by atoms with Crippen molar-refractivity contribution in [2.24, 2.45) is 5.73 Å². The van der Waals surface area contributed by atoms with Crippen LogP contribution in [-0.4, -0.2) is 15.1 Å². The number of nitrogens with two attached hydrogens (primary N) is 1. The Morgan fingerprint density at radius 1 is 1.35 bits per heavy atom. The van der Waals surface area contributed by atoms with Crippen LogP contribution in [0.4, 0.5) is 0 Å². The zero-order valence-corrected chi connectivity index (χ0v) is 11.3. The summed E-state index contributed by atoms with van der Waals surface area (Å²) in [5.74, 6) is 1.05.